The Morgan fingerprint density at radius 3 is 2.96 bits per heavy atom. The molecule has 3 N–H and O–H groups in total. The highest BCUT2D eigenvalue weighted by Crippen LogP contribution is 2.27. The van der Waals surface area contributed by atoms with Crippen LogP contribution in [0.5, 0.6) is 0 Å². The Kier molecular flexibility index (Phi) is 4.81. The molecule has 0 amide bonds. The summed E-state index contributed by atoms with van der Waals surface area (Å²) in [5, 5.41) is 6.27. The lowest BCUT2D eigenvalue weighted by Crippen LogP contribution is -2.24. The lowest BCUT2D eigenvalue weighted by Gasteiger charge is -2.19. The van der Waals surface area contributed by atoms with Gasteiger partial charge in [0.2, 0.25) is 0 Å². The first-order chi connectivity index (χ1) is 11.1. The molecule has 6 heteroatoms. The quantitative estimate of drug-likeness (QED) is 0.668. The molecular formula is C17H23N5S. The number of nitrogens with two attached hydrogens (primary N) is 1. The minimum Gasteiger partial charge on any atom is -0.370 e. The third-order valence-corrected chi connectivity index (χ3v) is 5.05. The highest BCUT2D eigenvalue weighted by molar-refractivity contribution is 7.13. The Balaban J connectivity index is 1.67. The fourth-order valence-corrected chi connectivity index (χ4v) is 3.57. The van der Waals surface area contributed by atoms with E-state index in [1.807, 2.05) is 24.4 Å². The molecular weight excluding hydrogens is 306 g/mol. The summed E-state index contributed by atoms with van der Waals surface area (Å²) in [5.74, 6) is 0.448. The second kappa shape index (κ2) is 7.00. The summed E-state index contributed by atoms with van der Waals surface area (Å²) in [6.07, 6.45) is 4.80. The Morgan fingerprint density at radius 2 is 2.17 bits per heavy atom. The van der Waals surface area contributed by atoms with Crippen LogP contribution in [0.4, 0.5) is 10.8 Å². The minimum absolute atomic E-state index is 0.448. The predicted molar refractivity (Wildman–Crippen MR) is 98.5 cm³/mol. The number of hydrogen-bond donors (Lipinski definition) is 2. The van der Waals surface area contributed by atoms with Crippen LogP contribution < -0.4 is 16.0 Å². The maximum absolute atomic E-state index is 6.06. The van der Waals surface area contributed by atoms with Crippen LogP contribution >= 0.6 is 11.3 Å². The molecule has 0 atom stereocenters. The first-order valence-corrected chi connectivity index (χ1v) is 8.81. The van der Waals surface area contributed by atoms with E-state index in [9.17, 15) is 0 Å². The van der Waals surface area contributed by atoms with E-state index in [2.05, 4.69) is 33.5 Å². The van der Waals surface area contributed by atoms with Crippen LogP contribution in [-0.4, -0.2) is 25.0 Å². The number of benzene rings is 1. The summed E-state index contributed by atoms with van der Waals surface area (Å²) < 4.78 is 0. The molecule has 0 aliphatic heterocycles. The van der Waals surface area contributed by atoms with Gasteiger partial charge in [0, 0.05) is 25.2 Å². The van der Waals surface area contributed by atoms with Gasteiger partial charge in [0.1, 0.15) is 0 Å². The van der Waals surface area contributed by atoms with Gasteiger partial charge in [-0.1, -0.05) is 12.1 Å². The Labute approximate surface area is 141 Å². The van der Waals surface area contributed by atoms with Crippen LogP contribution in [0.2, 0.25) is 0 Å². The molecule has 1 heterocycles. The van der Waals surface area contributed by atoms with Crippen LogP contribution in [0.3, 0.4) is 0 Å². The largest absolute Gasteiger partial charge is 0.370 e. The standard InChI is InChI=1S/C17H23N5S/c1-22(2)17-20-13(11-23-17)10-19-16(18)21-15-9-5-7-12-6-3-4-8-14(12)15/h5,7,9,11H,3-4,6,8,10H2,1-2H3,(H3,18,19,21). The smallest absolute Gasteiger partial charge is 0.193 e. The number of aromatic nitrogens is 1. The van der Waals surface area contributed by atoms with Crippen LogP contribution in [0.25, 0.3) is 0 Å². The van der Waals surface area contributed by atoms with Crippen LogP contribution in [0.15, 0.2) is 28.6 Å². The third kappa shape index (κ3) is 3.82. The first kappa shape index (κ1) is 15.8. The number of anilines is 2. The molecule has 5 nitrogen and oxygen atoms in total. The third-order valence-electron chi connectivity index (χ3n) is 3.99. The molecule has 0 saturated carbocycles. The maximum atomic E-state index is 6.06. The molecule has 23 heavy (non-hydrogen) atoms. The topological polar surface area (TPSA) is 66.5 Å². The SMILES string of the molecule is CN(C)c1nc(CN=C(N)Nc2cccc3c2CCCC3)cs1. The van der Waals surface area contributed by atoms with E-state index in [-0.39, 0.29) is 0 Å². The Bertz CT molecular complexity index is 705. The molecule has 0 bridgehead atoms. The molecule has 2 aromatic rings. The van der Waals surface area contributed by atoms with Gasteiger partial charge in [0.05, 0.1) is 12.2 Å². The second-order valence-electron chi connectivity index (χ2n) is 5.99. The summed E-state index contributed by atoms with van der Waals surface area (Å²) in [7, 11) is 3.97. The van der Waals surface area contributed by atoms with Crippen molar-refractivity contribution in [3.05, 3.63) is 40.4 Å². The van der Waals surface area contributed by atoms with Crippen molar-refractivity contribution in [3.8, 4) is 0 Å². The number of rotatable bonds is 4. The second-order valence-corrected chi connectivity index (χ2v) is 6.83. The van der Waals surface area contributed by atoms with Crippen molar-refractivity contribution < 1.29 is 0 Å². The maximum Gasteiger partial charge on any atom is 0.193 e. The zero-order chi connectivity index (χ0) is 16.2. The number of fused-ring (bicyclic) bond motifs is 1. The van der Waals surface area contributed by atoms with E-state index in [0.29, 0.717) is 12.5 Å². The highest BCUT2D eigenvalue weighted by atomic mass is 32.1. The Hall–Kier alpha value is -2.08. The number of thiazole rings is 1. The number of guanidine groups is 1. The van der Waals surface area contributed by atoms with Gasteiger partial charge < -0.3 is 16.0 Å². The summed E-state index contributed by atoms with van der Waals surface area (Å²) in [5.41, 5.74) is 10.9. The molecule has 0 spiro atoms. The van der Waals surface area contributed by atoms with Crippen LogP contribution in [-0.2, 0) is 19.4 Å². The average Bonchev–Trinajstić information content (AvgIpc) is 3.03. The molecule has 1 aromatic carbocycles. The normalized spacial score (nSPS) is 14.4. The van der Waals surface area contributed by atoms with Gasteiger partial charge in [-0.05, 0) is 42.9 Å². The number of nitrogens with one attached hydrogen (secondary N) is 1. The summed E-state index contributed by atoms with van der Waals surface area (Å²) in [6, 6.07) is 6.38. The van der Waals surface area contributed by atoms with Crippen molar-refractivity contribution in [2.45, 2.75) is 32.2 Å². The number of nitrogens with zero attached hydrogens (tertiary/aromatic N) is 3. The van der Waals surface area contributed by atoms with Crippen molar-refractivity contribution in [2.24, 2.45) is 10.7 Å². The van der Waals surface area contributed by atoms with Gasteiger partial charge >= 0.3 is 0 Å². The lowest BCUT2D eigenvalue weighted by molar-refractivity contribution is 0.687. The van der Waals surface area contributed by atoms with Crippen LogP contribution in [0.1, 0.15) is 29.7 Å². The van der Waals surface area contributed by atoms with E-state index >= 15 is 0 Å². The van der Waals surface area contributed by atoms with E-state index in [4.69, 9.17) is 5.73 Å². The lowest BCUT2D eigenvalue weighted by atomic mass is 9.90. The fourth-order valence-electron chi connectivity index (χ4n) is 2.82. The molecule has 3 rings (SSSR count). The van der Waals surface area contributed by atoms with E-state index in [1.165, 1.54) is 24.0 Å². The zero-order valence-electron chi connectivity index (χ0n) is 13.7. The number of aliphatic imine (C=N–C) groups is 1. The van der Waals surface area contributed by atoms with Crippen molar-refractivity contribution >= 4 is 28.1 Å². The van der Waals surface area contributed by atoms with Crippen molar-refractivity contribution in [3.63, 3.8) is 0 Å². The monoisotopic (exact) mass is 329 g/mol. The fraction of sp³-hybridized carbons (Fsp3) is 0.412. The molecule has 0 fully saturated rings. The number of hydrogen-bond acceptors (Lipinski definition) is 4. The molecule has 1 aromatic heterocycles. The van der Waals surface area contributed by atoms with Crippen molar-refractivity contribution in [1.29, 1.82) is 0 Å². The van der Waals surface area contributed by atoms with Gasteiger partial charge in [-0.25, -0.2) is 9.98 Å². The highest BCUT2D eigenvalue weighted by Gasteiger charge is 2.13. The molecule has 0 radical (unpaired) electrons. The van der Waals surface area contributed by atoms with Crippen LogP contribution in [0, 0.1) is 0 Å². The van der Waals surface area contributed by atoms with E-state index in [0.717, 1.165) is 29.4 Å². The molecule has 0 unspecified atom stereocenters. The Morgan fingerprint density at radius 1 is 1.35 bits per heavy atom. The first-order valence-electron chi connectivity index (χ1n) is 7.93. The van der Waals surface area contributed by atoms with Gasteiger partial charge in [-0.2, -0.15) is 0 Å². The van der Waals surface area contributed by atoms with Crippen molar-refractivity contribution in [2.75, 3.05) is 24.3 Å². The van der Waals surface area contributed by atoms with E-state index in [1.54, 1.807) is 11.3 Å². The molecule has 1 aliphatic carbocycles. The number of aryl methyl sites for hydroxylation is 1. The minimum atomic E-state index is 0.448. The average molecular weight is 329 g/mol. The molecule has 122 valence electrons. The molecule has 1 aliphatic rings. The van der Waals surface area contributed by atoms with E-state index < -0.39 is 0 Å². The summed E-state index contributed by atoms with van der Waals surface area (Å²) in [6.45, 7) is 0.498. The predicted octanol–water partition coefficient (Wildman–Crippen LogP) is 3.01. The van der Waals surface area contributed by atoms with Gasteiger partial charge in [0.15, 0.2) is 11.1 Å². The van der Waals surface area contributed by atoms with Gasteiger partial charge in [-0.15, -0.1) is 11.3 Å². The zero-order valence-corrected chi connectivity index (χ0v) is 14.5. The molecule has 0 saturated heterocycles. The van der Waals surface area contributed by atoms with Gasteiger partial charge in [-0.3, -0.25) is 0 Å². The van der Waals surface area contributed by atoms with Crippen molar-refractivity contribution in [1.82, 2.24) is 4.98 Å². The summed E-state index contributed by atoms with van der Waals surface area (Å²) in [4.78, 5) is 10.9. The summed E-state index contributed by atoms with van der Waals surface area (Å²) >= 11 is 1.62. The van der Waals surface area contributed by atoms with Gasteiger partial charge in [0.25, 0.3) is 0 Å².